The van der Waals surface area contributed by atoms with E-state index < -0.39 is 0 Å². The molecule has 3 rings (SSSR count). The molecule has 1 aliphatic rings. The summed E-state index contributed by atoms with van der Waals surface area (Å²) in [7, 11) is 0. The number of anilines is 1. The van der Waals surface area contributed by atoms with Crippen molar-refractivity contribution in [3.8, 4) is 0 Å². The highest BCUT2D eigenvalue weighted by Crippen LogP contribution is 2.25. The lowest BCUT2D eigenvalue weighted by Gasteiger charge is -2.11. The van der Waals surface area contributed by atoms with E-state index in [-0.39, 0.29) is 18.0 Å². The van der Waals surface area contributed by atoms with Gasteiger partial charge in [-0.15, -0.1) is 0 Å². The van der Waals surface area contributed by atoms with Crippen molar-refractivity contribution in [3.63, 3.8) is 0 Å². The standard InChI is InChI=1S/C17H18ClN3O/c1-11-6-8-12(9-7-11)15-10-16(21-20-15)17(22)19-14-5-3-2-4-13(14)18/h2-9,15-16,20-21H,10H2,1H3,(H,19,22). The molecule has 1 heterocycles. The van der Waals surface area contributed by atoms with Crippen LogP contribution in [0.1, 0.15) is 23.6 Å². The third-order valence-electron chi connectivity index (χ3n) is 3.83. The minimum absolute atomic E-state index is 0.0878. The van der Waals surface area contributed by atoms with Crippen LogP contribution in [0, 0.1) is 6.92 Å². The maximum atomic E-state index is 12.3. The lowest BCUT2D eigenvalue weighted by Crippen LogP contribution is -2.39. The van der Waals surface area contributed by atoms with Gasteiger partial charge in [-0.25, -0.2) is 10.9 Å². The SMILES string of the molecule is Cc1ccc(C2CC(C(=O)Nc3ccccc3Cl)NN2)cc1. The zero-order valence-electron chi connectivity index (χ0n) is 12.3. The van der Waals surface area contributed by atoms with E-state index in [2.05, 4.69) is 47.4 Å². The zero-order chi connectivity index (χ0) is 15.5. The summed E-state index contributed by atoms with van der Waals surface area (Å²) in [6.07, 6.45) is 0.694. The minimum atomic E-state index is -0.289. The Balaban J connectivity index is 1.64. The van der Waals surface area contributed by atoms with Gasteiger partial charge < -0.3 is 5.32 Å². The first kappa shape index (κ1) is 15.0. The van der Waals surface area contributed by atoms with E-state index in [1.807, 2.05) is 12.1 Å². The van der Waals surface area contributed by atoms with Crippen LogP contribution in [0.4, 0.5) is 5.69 Å². The van der Waals surface area contributed by atoms with Gasteiger partial charge in [0.25, 0.3) is 0 Å². The lowest BCUT2D eigenvalue weighted by atomic mass is 10.0. The predicted molar refractivity (Wildman–Crippen MR) is 88.7 cm³/mol. The van der Waals surface area contributed by atoms with Gasteiger partial charge in [0.1, 0.15) is 6.04 Å². The molecule has 0 aromatic heterocycles. The Morgan fingerprint density at radius 2 is 1.86 bits per heavy atom. The van der Waals surface area contributed by atoms with Gasteiger partial charge in [0.15, 0.2) is 0 Å². The summed E-state index contributed by atoms with van der Waals surface area (Å²) < 4.78 is 0. The molecule has 2 atom stereocenters. The average Bonchev–Trinajstić information content (AvgIpc) is 3.00. The quantitative estimate of drug-likeness (QED) is 0.815. The molecular weight excluding hydrogens is 298 g/mol. The van der Waals surface area contributed by atoms with E-state index in [4.69, 9.17) is 11.6 Å². The summed E-state index contributed by atoms with van der Waals surface area (Å²) in [6.45, 7) is 2.06. The van der Waals surface area contributed by atoms with Crippen molar-refractivity contribution >= 4 is 23.2 Å². The molecule has 0 bridgehead atoms. The number of nitrogens with one attached hydrogen (secondary N) is 3. The molecule has 1 saturated heterocycles. The van der Waals surface area contributed by atoms with Crippen molar-refractivity contribution in [1.82, 2.24) is 10.9 Å². The van der Waals surface area contributed by atoms with Crippen LogP contribution >= 0.6 is 11.6 Å². The van der Waals surface area contributed by atoms with Crippen molar-refractivity contribution < 1.29 is 4.79 Å². The van der Waals surface area contributed by atoms with E-state index in [1.54, 1.807) is 12.1 Å². The third-order valence-corrected chi connectivity index (χ3v) is 4.16. The fourth-order valence-electron chi connectivity index (χ4n) is 2.53. The Bertz CT molecular complexity index is 672. The van der Waals surface area contributed by atoms with Gasteiger partial charge in [-0.05, 0) is 31.0 Å². The topological polar surface area (TPSA) is 53.2 Å². The van der Waals surface area contributed by atoms with E-state index in [0.29, 0.717) is 17.1 Å². The Morgan fingerprint density at radius 1 is 1.14 bits per heavy atom. The van der Waals surface area contributed by atoms with Crippen molar-refractivity contribution in [2.75, 3.05) is 5.32 Å². The Hall–Kier alpha value is -1.88. The van der Waals surface area contributed by atoms with Gasteiger partial charge in [0.2, 0.25) is 5.91 Å². The molecule has 5 heteroatoms. The molecule has 1 aliphatic heterocycles. The van der Waals surface area contributed by atoms with Crippen molar-refractivity contribution in [1.29, 1.82) is 0 Å². The van der Waals surface area contributed by atoms with E-state index in [1.165, 1.54) is 11.1 Å². The van der Waals surface area contributed by atoms with E-state index in [9.17, 15) is 4.79 Å². The second-order valence-corrected chi connectivity index (χ2v) is 5.92. The molecule has 2 unspecified atom stereocenters. The van der Waals surface area contributed by atoms with E-state index in [0.717, 1.165) is 0 Å². The largest absolute Gasteiger partial charge is 0.323 e. The number of aryl methyl sites for hydroxylation is 1. The normalized spacial score (nSPS) is 20.8. The average molecular weight is 316 g/mol. The number of benzene rings is 2. The van der Waals surface area contributed by atoms with Crippen LogP contribution in [0.2, 0.25) is 5.02 Å². The number of rotatable bonds is 3. The molecule has 0 spiro atoms. The Labute approximate surface area is 134 Å². The van der Waals surface area contributed by atoms with Crippen LogP contribution in [0.15, 0.2) is 48.5 Å². The van der Waals surface area contributed by atoms with Gasteiger partial charge in [-0.2, -0.15) is 0 Å². The maximum Gasteiger partial charge on any atom is 0.242 e. The number of carbonyl (C=O) groups is 1. The summed E-state index contributed by atoms with van der Waals surface area (Å²) in [4.78, 5) is 12.3. The summed E-state index contributed by atoms with van der Waals surface area (Å²) in [5.41, 5.74) is 9.27. The highest BCUT2D eigenvalue weighted by atomic mass is 35.5. The number of amides is 1. The highest BCUT2D eigenvalue weighted by molar-refractivity contribution is 6.33. The molecule has 0 aliphatic carbocycles. The monoisotopic (exact) mass is 315 g/mol. The van der Waals surface area contributed by atoms with Crippen molar-refractivity contribution in [2.45, 2.75) is 25.4 Å². The molecular formula is C17H18ClN3O. The highest BCUT2D eigenvalue weighted by Gasteiger charge is 2.30. The van der Waals surface area contributed by atoms with Crippen molar-refractivity contribution in [3.05, 3.63) is 64.7 Å². The summed E-state index contributed by atoms with van der Waals surface area (Å²) in [6, 6.07) is 15.4. The number of hydrazine groups is 1. The fraction of sp³-hybridized carbons (Fsp3) is 0.235. The third kappa shape index (κ3) is 3.30. The Morgan fingerprint density at radius 3 is 2.59 bits per heavy atom. The first-order valence-corrected chi connectivity index (χ1v) is 7.64. The number of halogens is 1. The van der Waals surface area contributed by atoms with Crippen LogP contribution in [-0.2, 0) is 4.79 Å². The summed E-state index contributed by atoms with van der Waals surface area (Å²) in [5.74, 6) is -0.0878. The summed E-state index contributed by atoms with van der Waals surface area (Å²) >= 11 is 6.06. The van der Waals surface area contributed by atoms with Gasteiger partial charge in [0, 0.05) is 6.04 Å². The smallest absolute Gasteiger partial charge is 0.242 e. The number of para-hydroxylation sites is 1. The number of hydrogen-bond acceptors (Lipinski definition) is 3. The minimum Gasteiger partial charge on any atom is -0.323 e. The van der Waals surface area contributed by atoms with Gasteiger partial charge in [0.05, 0.1) is 10.7 Å². The van der Waals surface area contributed by atoms with Crippen LogP contribution in [0.3, 0.4) is 0 Å². The molecule has 0 saturated carbocycles. The molecule has 2 aromatic rings. The molecule has 0 radical (unpaired) electrons. The molecule has 1 amide bonds. The molecule has 114 valence electrons. The Kier molecular flexibility index (Phi) is 4.43. The lowest BCUT2D eigenvalue weighted by molar-refractivity contribution is -0.117. The first-order valence-electron chi connectivity index (χ1n) is 7.26. The van der Waals surface area contributed by atoms with Crippen LogP contribution in [-0.4, -0.2) is 11.9 Å². The second-order valence-electron chi connectivity index (χ2n) is 5.51. The van der Waals surface area contributed by atoms with Crippen LogP contribution < -0.4 is 16.2 Å². The van der Waals surface area contributed by atoms with E-state index >= 15 is 0 Å². The van der Waals surface area contributed by atoms with Gasteiger partial charge in [-0.3, -0.25) is 4.79 Å². The first-order chi connectivity index (χ1) is 10.6. The second kappa shape index (κ2) is 6.48. The number of carbonyl (C=O) groups excluding carboxylic acids is 1. The predicted octanol–water partition coefficient (Wildman–Crippen LogP) is 3.19. The van der Waals surface area contributed by atoms with Crippen LogP contribution in [0.25, 0.3) is 0 Å². The van der Waals surface area contributed by atoms with Crippen LogP contribution in [0.5, 0.6) is 0 Å². The van der Waals surface area contributed by atoms with Crippen molar-refractivity contribution in [2.24, 2.45) is 0 Å². The maximum absolute atomic E-state index is 12.3. The van der Waals surface area contributed by atoms with Gasteiger partial charge in [-0.1, -0.05) is 53.6 Å². The molecule has 22 heavy (non-hydrogen) atoms. The molecule has 1 fully saturated rings. The zero-order valence-corrected chi connectivity index (χ0v) is 13.0. The molecule has 2 aromatic carbocycles. The number of hydrogen-bond donors (Lipinski definition) is 3. The fourth-order valence-corrected chi connectivity index (χ4v) is 2.71. The summed E-state index contributed by atoms with van der Waals surface area (Å²) in [5, 5.41) is 3.40. The molecule has 4 nitrogen and oxygen atoms in total. The van der Waals surface area contributed by atoms with Gasteiger partial charge >= 0.3 is 0 Å². The molecule has 3 N–H and O–H groups in total.